The molecule has 0 amide bonds. The van der Waals surface area contributed by atoms with E-state index in [1.165, 1.54) is 0 Å². The SMILES string of the molecule is CCOC(=O)CCC(=O)P(=O)(O)O. The topological polar surface area (TPSA) is 101 Å². The highest BCUT2D eigenvalue weighted by Crippen LogP contribution is 2.37. The summed E-state index contributed by atoms with van der Waals surface area (Å²) in [6.07, 6.45) is -0.777. The first-order valence-corrected chi connectivity index (χ1v) is 5.23. The van der Waals surface area contributed by atoms with E-state index in [0.29, 0.717) is 0 Å². The zero-order valence-corrected chi connectivity index (χ0v) is 7.99. The minimum Gasteiger partial charge on any atom is -0.466 e. The van der Waals surface area contributed by atoms with Gasteiger partial charge in [0.1, 0.15) is 0 Å². The van der Waals surface area contributed by atoms with Crippen molar-refractivity contribution >= 4 is 19.1 Å². The van der Waals surface area contributed by atoms with Crippen molar-refractivity contribution in [2.24, 2.45) is 0 Å². The Morgan fingerprint density at radius 3 is 2.23 bits per heavy atom. The third kappa shape index (κ3) is 5.52. The van der Waals surface area contributed by atoms with Crippen LogP contribution in [0.5, 0.6) is 0 Å². The first-order chi connectivity index (χ1) is 5.88. The van der Waals surface area contributed by atoms with Gasteiger partial charge in [-0.25, -0.2) is 0 Å². The molecule has 0 aromatic heterocycles. The van der Waals surface area contributed by atoms with E-state index in [4.69, 9.17) is 9.79 Å². The summed E-state index contributed by atoms with van der Waals surface area (Å²) in [5.74, 6) is -0.635. The van der Waals surface area contributed by atoms with Crippen LogP contribution in [0.1, 0.15) is 19.8 Å². The average molecular weight is 210 g/mol. The van der Waals surface area contributed by atoms with Gasteiger partial charge in [-0.15, -0.1) is 0 Å². The molecule has 7 heteroatoms. The van der Waals surface area contributed by atoms with E-state index in [0.717, 1.165) is 0 Å². The second-order valence-electron chi connectivity index (χ2n) is 2.24. The number of carbonyl (C=O) groups is 2. The standard InChI is InChI=1S/C6H11O6P/c1-2-12-5(7)3-4-6(8)13(9,10)11/h2-4H2,1H3,(H2,9,10,11). The maximum atomic E-state index is 10.6. The summed E-state index contributed by atoms with van der Waals surface area (Å²) in [5.41, 5.74) is -1.24. The molecule has 0 spiro atoms. The molecule has 0 radical (unpaired) electrons. The molecule has 0 aromatic rings. The second kappa shape index (κ2) is 5.11. The molecule has 0 saturated carbocycles. The summed E-state index contributed by atoms with van der Waals surface area (Å²) in [6, 6.07) is 0. The van der Waals surface area contributed by atoms with E-state index < -0.39 is 25.5 Å². The minimum atomic E-state index is -4.68. The van der Waals surface area contributed by atoms with E-state index in [1.807, 2.05) is 0 Å². The fourth-order valence-corrected chi connectivity index (χ4v) is 0.991. The van der Waals surface area contributed by atoms with Crippen LogP contribution in [0, 0.1) is 0 Å². The van der Waals surface area contributed by atoms with Crippen LogP contribution < -0.4 is 0 Å². The number of esters is 1. The van der Waals surface area contributed by atoms with Crippen LogP contribution in [0.4, 0.5) is 0 Å². The van der Waals surface area contributed by atoms with Gasteiger partial charge in [0.2, 0.25) is 5.52 Å². The molecule has 0 atom stereocenters. The molecule has 0 aliphatic carbocycles. The van der Waals surface area contributed by atoms with Crippen molar-refractivity contribution in [2.45, 2.75) is 19.8 Å². The van der Waals surface area contributed by atoms with Gasteiger partial charge in [-0.3, -0.25) is 14.2 Å². The molecular weight excluding hydrogens is 199 g/mol. The van der Waals surface area contributed by atoms with Gasteiger partial charge in [0, 0.05) is 6.42 Å². The Bertz CT molecular complexity index is 242. The molecule has 0 aliphatic rings. The van der Waals surface area contributed by atoms with Gasteiger partial charge in [0.25, 0.3) is 0 Å². The number of carbonyl (C=O) groups excluding carboxylic acids is 2. The Morgan fingerprint density at radius 2 is 1.85 bits per heavy atom. The van der Waals surface area contributed by atoms with Crippen molar-refractivity contribution in [1.29, 1.82) is 0 Å². The lowest BCUT2D eigenvalue weighted by atomic mass is 10.3. The lowest BCUT2D eigenvalue weighted by molar-refractivity contribution is -0.143. The van der Waals surface area contributed by atoms with Gasteiger partial charge in [0.15, 0.2) is 0 Å². The lowest BCUT2D eigenvalue weighted by Crippen LogP contribution is -2.07. The maximum Gasteiger partial charge on any atom is 0.391 e. The van der Waals surface area contributed by atoms with E-state index in [9.17, 15) is 14.2 Å². The van der Waals surface area contributed by atoms with Crippen LogP contribution in [-0.4, -0.2) is 27.9 Å². The molecule has 0 saturated heterocycles. The van der Waals surface area contributed by atoms with Crippen molar-refractivity contribution in [2.75, 3.05) is 6.61 Å². The van der Waals surface area contributed by atoms with Crippen molar-refractivity contribution in [3.8, 4) is 0 Å². The molecule has 0 fully saturated rings. The van der Waals surface area contributed by atoms with Crippen molar-refractivity contribution < 1.29 is 28.7 Å². The molecule has 2 N–H and O–H groups in total. The summed E-state index contributed by atoms with van der Waals surface area (Å²) in [5, 5.41) is 0. The molecule has 0 aliphatic heterocycles. The van der Waals surface area contributed by atoms with Crippen molar-refractivity contribution in [3.63, 3.8) is 0 Å². The van der Waals surface area contributed by atoms with E-state index >= 15 is 0 Å². The quantitative estimate of drug-likeness (QED) is 0.490. The molecule has 0 aromatic carbocycles. The Labute approximate surface area is 75.1 Å². The highest BCUT2D eigenvalue weighted by molar-refractivity contribution is 7.70. The van der Waals surface area contributed by atoms with Gasteiger partial charge in [-0.2, -0.15) is 0 Å². The Morgan fingerprint density at radius 1 is 1.31 bits per heavy atom. The fourth-order valence-electron chi connectivity index (χ4n) is 0.588. The fraction of sp³-hybridized carbons (Fsp3) is 0.667. The van der Waals surface area contributed by atoms with Crippen LogP contribution in [-0.2, 0) is 18.9 Å². The normalized spacial score (nSPS) is 11.0. The monoisotopic (exact) mass is 210 g/mol. The highest BCUT2D eigenvalue weighted by atomic mass is 31.2. The van der Waals surface area contributed by atoms with E-state index in [1.54, 1.807) is 6.92 Å². The summed E-state index contributed by atoms with van der Waals surface area (Å²) >= 11 is 0. The summed E-state index contributed by atoms with van der Waals surface area (Å²) in [7, 11) is -4.68. The summed E-state index contributed by atoms with van der Waals surface area (Å²) in [6.45, 7) is 1.78. The Kier molecular flexibility index (Phi) is 4.83. The third-order valence-corrected chi connectivity index (χ3v) is 2.05. The number of rotatable bonds is 5. The van der Waals surface area contributed by atoms with Gasteiger partial charge < -0.3 is 14.5 Å². The zero-order valence-electron chi connectivity index (χ0n) is 7.10. The summed E-state index contributed by atoms with van der Waals surface area (Å²) < 4.78 is 14.8. The first-order valence-electron chi connectivity index (χ1n) is 3.62. The molecular formula is C6H11O6P. The van der Waals surface area contributed by atoms with E-state index in [2.05, 4.69) is 4.74 Å². The molecule has 13 heavy (non-hydrogen) atoms. The average Bonchev–Trinajstić information content (AvgIpc) is 1.99. The van der Waals surface area contributed by atoms with E-state index in [-0.39, 0.29) is 13.0 Å². The largest absolute Gasteiger partial charge is 0.466 e. The predicted molar refractivity (Wildman–Crippen MR) is 42.9 cm³/mol. The maximum absolute atomic E-state index is 10.6. The Hall–Kier alpha value is -0.710. The third-order valence-electron chi connectivity index (χ3n) is 1.17. The molecule has 76 valence electrons. The molecule has 0 unspecified atom stereocenters. The van der Waals surface area contributed by atoms with Crippen LogP contribution >= 0.6 is 7.60 Å². The van der Waals surface area contributed by atoms with Gasteiger partial charge in [-0.1, -0.05) is 0 Å². The molecule has 6 nitrogen and oxygen atoms in total. The number of ether oxygens (including phenoxy) is 1. The zero-order chi connectivity index (χ0) is 10.5. The van der Waals surface area contributed by atoms with Crippen molar-refractivity contribution in [1.82, 2.24) is 0 Å². The number of hydrogen-bond donors (Lipinski definition) is 2. The lowest BCUT2D eigenvalue weighted by Gasteiger charge is -2.02. The van der Waals surface area contributed by atoms with Crippen LogP contribution in [0.15, 0.2) is 0 Å². The molecule has 0 heterocycles. The van der Waals surface area contributed by atoms with Gasteiger partial charge in [0.05, 0.1) is 13.0 Å². The van der Waals surface area contributed by atoms with Gasteiger partial charge in [-0.05, 0) is 6.92 Å². The van der Waals surface area contributed by atoms with Crippen LogP contribution in [0.25, 0.3) is 0 Å². The van der Waals surface area contributed by atoms with Gasteiger partial charge >= 0.3 is 13.6 Å². The second-order valence-corrected chi connectivity index (χ2v) is 3.83. The number of hydrogen-bond acceptors (Lipinski definition) is 4. The molecule has 0 rings (SSSR count). The van der Waals surface area contributed by atoms with Crippen molar-refractivity contribution in [3.05, 3.63) is 0 Å². The van der Waals surface area contributed by atoms with Crippen LogP contribution in [0.2, 0.25) is 0 Å². The Balaban J connectivity index is 3.84. The summed E-state index contributed by atoms with van der Waals surface area (Å²) in [4.78, 5) is 37.9. The minimum absolute atomic E-state index is 0.183. The van der Waals surface area contributed by atoms with Crippen LogP contribution in [0.3, 0.4) is 0 Å². The predicted octanol–water partition coefficient (Wildman–Crippen LogP) is 0.0340. The smallest absolute Gasteiger partial charge is 0.391 e. The molecule has 0 bridgehead atoms. The highest BCUT2D eigenvalue weighted by Gasteiger charge is 2.25. The first kappa shape index (κ1) is 12.3.